The first-order chi connectivity index (χ1) is 18.0. The number of anilines is 1. The zero-order valence-corrected chi connectivity index (χ0v) is 21.7. The number of benzene rings is 3. The quantitative estimate of drug-likeness (QED) is 0.288. The Hall–Kier alpha value is -3.84. The first kappa shape index (κ1) is 26.2. The van der Waals surface area contributed by atoms with Gasteiger partial charge in [0.1, 0.15) is 6.61 Å². The van der Waals surface area contributed by atoms with E-state index >= 15 is 0 Å². The third kappa shape index (κ3) is 6.89. The number of carbonyl (C=O) groups excluding carboxylic acids is 2. The van der Waals surface area contributed by atoms with Crippen LogP contribution in [0.3, 0.4) is 0 Å². The van der Waals surface area contributed by atoms with Gasteiger partial charge in [0.25, 0.3) is 0 Å². The van der Waals surface area contributed by atoms with Gasteiger partial charge in [-0.15, -0.1) is 0 Å². The number of hydrogen-bond donors (Lipinski definition) is 1. The molecule has 37 heavy (non-hydrogen) atoms. The summed E-state index contributed by atoms with van der Waals surface area (Å²) in [6, 6.07) is 20.8. The summed E-state index contributed by atoms with van der Waals surface area (Å²) in [6.07, 6.45) is 2.63. The summed E-state index contributed by atoms with van der Waals surface area (Å²) in [5.41, 5.74) is 6.31. The van der Waals surface area contributed by atoms with Crippen molar-refractivity contribution < 1.29 is 19.1 Å². The second-order valence-electron chi connectivity index (χ2n) is 8.71. The zero-order chi connectivity index (χ0) is 26.2. The van der Waals surface area contributed by atoms with Crippen molar-refractivity contribution in [2.45, 2.75) is 33.3 Å². The molecule has 192 valence electrons. The maximum absolute atomic E-state index is 12.7. The number of hydrogen-bond acceptors (Lipinski definition) is 5. The van der Waals surface area contributed by atoms with Gasteiger partial charge in [-0.25, -0.2) is 5.43 Å². The van der Waals surface area contributed by atoms with Gasteiger partial charge in [0.2, 0.25) is 11.8 Å². The van der Waals surface area contributed by atoms with Gasteiger partial charge >= 0.3 is 0 Å². The second-order valence-corrected chi connectivity index (χ2v) is 9.15. The molecule has 3 aromatic carbocycles. The van der Waals surface area contributed by atoms with Crippen molar-refractivity contribution in [2.75, 3.05) is 18.1 Å². The van der Waals surface area contributed by atoms with E-state index in [-0.39, 0.29) is 18.2 Å². The average molecular weight is 520 g/mol. The van der Waals surface area contributed by atoms with Gasteiger partial charge in [-0.05, 0) is 72.5 Å². The van der Waals surface area contributed by atoms with E-state index in [1.807, 2.05) is 61.5 Å². The summed E-state index contributed by atoms with van der Waals surface area (Å²) < 4.78 is 11.7. The smallest absolute Gasteiger partial charge is 0.245 e. The van der Waals surface area contributed by atoms with Crippen LogP contribution in [0.25, 0.3) is 0 Å². The number of nitrogens with zero attached hydrogens (tertiary/aromatic N) is 2. The van der Waals surface area contributed by atoms with Crippen molar-refractivity contribution in [2.24, 2.45) is 11.0 Å². The van der Waals surface area contributed by atoms with E-state index in [4.69, 9.17) is 21.1 Å². The minimum absolute atomic E-state index is 0.0658. The molecule has 0 bridgehead atoms. The molecule has 1 fully saturated rings. The Kier molecular flexibility index (Phi) is 8.80. The molecule has 2 amide bonds. The van der Waals surface area contributed by atoms with Crippen LogP contribution in [0.5, 0.6) is 11.5 Å². The molecule has 1 N–H and O–H groups in total. The van der Waals surface area contributed by atoms with Gasteiger partial charge in [0, 0.05) is 23.7 Å². The molecule has 0 saturated carbocycles. The number of amides is 2. The maximum Gasteiger partial charge on any atom is 0.245 e. The normalized spacial score (nSPS) is 15.3. The molecule has 7 nitrogen and oxygen atoms in total. The topological polar surface area (TPSA) is 80.2 Å². The van der Waals surface area contributed by atoms with E-state index in [0.717, 1.165) is 23.2 Å². The number of rotatable bonds is 10. The highest BCUT2D eigenvalue weighted by Gasteiger charge is 2.35. The molecule has 1 saturated heterocycles. The Morgan fingerprint density at radius 3 is 2.46 bits per heavy atom. The maximum atomic E-state index is 12.7. The molecule has 0 unspecified atom stereocenters. The molecular formula is C29H30ClN3O4. The van der Waals surface area contributed by atoms with Gasteiger partial charge in [-0.2, -0.15) is 5.10 Å². The summed E-state index contributed by atoms with van der Waals surface area (Å²) in [4.78, 5) is 26.8. The molecule has 8 heteroatoms. The molecule has 0 spiro atoms. The molecule has 0 aliphatic carbocycles. The van der Waals surface area contributed by atoms with Gasteiger partial charge in [-0.1, -0.05) is 42.8 Å². The number of aryl methyl sites for hydroxylation is 1. The zero-order valence-electron chi connectivity index (χ0n) is 20.9. The molecule has 4 rings (SSSR count). The first-order valence-electron chi connectivity index (χ1n) is 12.3. The predicted octanol–water partition coefficient (Wildman–Crippen LogP) is 5.38. The van der Waals surface area contributed by atoms with Gasteiger partial charge < -0.3 is 14.4 Å². The van der Waals surface area contributed by atoms with Crippen LogP contribution in [0.2, 0.25) is 5.02 Å². The van der Waals surface area contributed by atoms with Gasteiger partial charge in [0.05, 0.1) is 18.7 Å². The number of carbonyl (C=O) groups is 2. The van der Waals surface area contributed by atoms with Crippen molar-refractivity contribution in [1.82, 2.24) is 5.43 Å². The van der Waals surface area contributed by atoms with Crippen LogP contribution in [0.15, 0.2) is 71.8 Å². The van der Waals surface area contributed by atoms with E-state index in [2.05, 4.69) is 17.5 Å². The predicted molar refractivity (Wildman–Crippen MR) is 145 cm³/mol. The fourth-order valence-corrected chi connectivity index (χ4v) is 4.17. The lowest BCUT2D eigenvalue weighted by molar-refractivity contribution is -0.126. The molecule has 1 aliphatic rings. The summed E-state index contributed by atoms with van der Waals surface area (Å²) in [6.45, 7) is 5.16. The van der Waals surface area contributed by atoms with E-state index in [0.29, 0.717) is 36.3 Å². The van der Waals surface area contributed by atoms with Crippen LogP contribution in [-0.4, -0.2) is 31.2 Å². The largest absolute Gasteiger partial charge is 0.490 e. The number of ether oxygens (including phenoxy) is 2. The van der Waals surface area contributed by atoms with E-state index in [9.17, 15) is 9.59 Å². The van der Waals surface area contributed by atoms with Crippen molar-refractivity contribution in [3.63, 3.8) is 0 Å². The Morgan fingerprint density at radius 1 is 1.03 bits per heavy atom. The summed E-state index contributed by atoms with van der Waals surface area (Å²) in [5.74, 6) is 0.375. The van der Waals surface area contributed by atoms with Crippen molar-refractivity contribution in [3.8, 4) is 11.5 Å². The van der Waals surface area contributed by atoms with Crippen LogP contribution in [-0.2, 0) is 22.6 Å². The van der Waals surface area contributed by atoms with Crippen LogP contribution < -0.4 is 19.8 Å². The minimum atomic E-state index is -0.460. The van der Waals surface area contributed by atoms with Gasteiger partial charge in [-0.3, -0.25) is 9.59 Å². The molecule has 0 aromatic heterocycles. The monoisotopic (exact) mass is 519 g/mol. The fraction of sp³-hybridized carbons (Fsp3) is 0.276. The SMILES string of the molecule is CCOc1cc(/C=N/NC(=O)[C@H]2CC(=O)N(c3ccc(CC)cc3)C2)ccc1OCc1ccc(Cl)cc1. The third-order valence-corrected chi connectivity index (χ3v) is 6.37. The first-order valence-corrected chi connectivity index (χ1v) is 12.7. The Labute approximate surface area is 222 Å². The lowest BCUT2D eigenvalue weighted by atomic mass is 10.1. The second kappa shape index (κ2) is 12.4. The van der Waals surface area contributed by atoms with Crippen molar-refractivity contribution in [3.05, 3.63) is 88.4 Å². The number of nitrogens with one attached hydrogen (secondary N) is 1. The lowest BCUT2D eigenvalue weighted by Gasteiger charge is -2.16. The Bertz CT molecular complexity index is 1260. The average Bonchev–Trinajstić information content (AvgIpc) is 3.31. The van der Waals surface area contributed by atoms with E-state index < -0.39 is 5.92 Å². The summed E-state index contributed by atoms with van der Waals surface area (Å²) >= 11 is 5.94. The van der Waals surface area contributed by atoms with Crippen LogP contribution in [0.4, 0.5) is 5.69 Å². The number of halogens is 1. The van der Waals surface area contributed by atoms with Crippen LogP contribution >= 0.6 is 11.6 Å². The standard InChI is InChI=1S/C29H30ClN3O4/c1-3-20-7-12-25(13-8-20)33-18-23(16-28(33)34)29(35)32-31-17-22-9-14-26(27(15-22)36-4-2)37-19-21-5-10-24(30)11-6-21/h5-15,17,23H,3-4,16,18-19H2,1-2H3,(H,32,35)/b31-17+/t23-/m0/s1. The van der Waals surface area contributed by atoms with Crippen molar-refractivity contribution >= 4 is 35.3 Å². The molecule has 3 aromatic rings. The van der Waals surface area contributed by atoms with Crippen molar-refractivity contribution in [1.29, 1.82) is 0 Å². The highest BCUT2D eigenvalue weighted by molar-refractivity contribution is 6.30. The molecule has 1 atom stereocenters. The molecule has 1 aliphatic heterocycles. The lowest BCUT2D eigenvalue weighted by Crippen LogP contribution is -2.30. The highest BCUT2D eigenvalue weighted by Crippen LogP contribution is 2.29. The Morgan fingerprint density at radius 2 is 1.76 bits per heavy atom. The summed E-state index contributed by atoms with van der Waals surface area (Å²) in [5, 5.41) is 4.78. The fourth-order valence-electron chi connectivity index (χ4n) is 4.04. The Balaban J connectivity index is 1.34. The van der Waals surface area contributed by atoms with Gasteiger partial charge in [0.15, 0.2) is 11.5 Å². The minimum Gasteiger partial charge on any atom is -0.490 e. The molecule has 0 radical (unpaired) electrons. The summed E-state index contributed by atoms with van der Waals surface area (Å²) in [7, 11) is 0. The van der Waals surface area contributed by atoms with Crippen LogP contribution in [0, 0.1) is 5.92 Å². The van der Waals surface area contributed by atoms with E-state index in [1.165, 1.54) is 5.56 Å². The third-order valence-electron chi connectivity index (χ3n) is 6.12. The van der Waals surface area contributed by atoms with Crippen LogP contribution in [0.1, 0.15) is 37.0 Å². The molecular weight excluding hydrogens is 490 g/mol. The number of hydrazone groups is 1. The highest BCUT2D eigenvalue weighted by atomic mass is 35.5. The van der Waals surface area contributed by atoms with E-state index in [1.54, 1.807) is 23.2 Å². The molecule has 1 heterocycles.